The van der Waals surface area contributed by atoms with Crippen LogP contribution in [-0.4, -0.2) is 9.55 Å². The molecule has 1 aromatic carbocycles. The Morgan fingerprint density at radius 1 is 1.31 bits per heavy atom. The molecule has 0 spiro atoms. The number of nitrogens with two attached hydrogens (primary N) is 1. The highest BCUT2D eigenvalue weighted by Gasteiger charge is 2.02. The first-order valence-corrected chi connectivity index (χ1v) is 5.98. The van der Waals surface area contributed by atoms with Crippen LogP contribution in [-0.2, 0) is 6.54 Å². The molecule has 0 radical (unpaired) electrons. The highest BCUT2D eigenvalue weighted by Crippen LogP contribution is 2.19. The Kier molecular flexibility index (Phi) is 2.15. The van der Waals surface area contributed by atoms with Crippen LogP contribution in [0.2, 0.25) is 0 Å². The maximum Gasteiger partial charge on any atom is 0.0795 e. The zero-order chi connectivity index (χ0) is 11.0. The molecule has 0 saturated carbocycles. The molecule has 0 aliphatic heterocycles. The van der Waals surface area contributed by atoms with Crippen LogP contribution in [0.15, 0.2) is 41.4 Å². The van der Waals surface area contributed by atoms with Gasteiger partial charge in [-0.2, -0.15) is 0 Å². The van der Waals surface area contributed by atoms with Crippen molar-refractivity contribution < 1.29 is 0 Å². The lowest BCUT2D eigenvalue weighted by molar-refractivity contribution is 0.814. The molecule has 2 N–H and O–H groups in total. The van der Waals surface area contributed by atoms with Gasteiger partial charge < -0.3 is 10.3 Å². The lowest BCUT2D eigenvalue weighted by Crippen LogP contribution is -1.97. The Bertz CT molecular complexity index is 610. The molecular weight excluding hydrogens is 218 g/mol. The highest BCUT2D eigenvalue weighted by molar-refractivity contribution is 7.07. The van der Waals surface area contributed by atoms with Gasteiger partial charge in [0.15, 0.2) is 0 Å². The van der Waals surface area contributed by atoms with Gasteiger partial charge in [0.2, 0.25) is 0 Å². The van der Waals surface area contributed by atoms with Gasteiger partial charge in [0.05, 0.1) is 17.7 Å². The van der Waals surface area contributed by atoms with Gasteiger partial charge in [-0.15, -0.1) is 11.3 Å². The van der Waals surface area contributed by atoms with Gasteiger partial charge in [-0.25, -0.2) is 4.98 Å². The van der Waals surface area contributed by atoms with E-state index in [0.717, 1.165) is 17.9 Å². The zero-order valence-electron chi connectivity index (χ0n) is 8.63. The van der Waals surface area contributed by atoms with Crippen molar-refractivity contribution in [1.29, 1.82) is 0 Å². The Morgan fingerprint density at radius 2 is 2.25 bits per heavy atom. The summed E-state index contributed by atoms with van der Waals surface area (Å²) in [7, 11) is 0. The standard InChI is InChI=1S/C12H11N3S/c13-10-1-2-12-9(5-10)3-4-15(12)6-11-7-16-8-14-11/h1-5,7-8H,6,13H2. The molecule has 0 fully saturated rings. The number of fused-ring (bicyclic) bond motifs is 1. The van der Waals surface area contributed by atoms with Crippen molar-refractivity contribution in [2.75, 3.05) is 5.73 Å². The van der Waals surface area contributed by atoms with E-state index in [-0.39, 0.29) is 0 Å². The molecular formula is C12H11N3S. The Hall–Kier alpha value is -1.81. The normalized spacial score (nSPS) is 11.0. The number of nitrogens with zero attached hydrogens (tertiary/aromatic N) is 2. The van der Waals surface area contributed by atoms with Gasteiger partial charge in [-0.05, 0) is 24.3 Å². The second-order valence-corrected chi connectivity index (χ2v) is 4.46. The number of thiazole rings is 1. The van der Waals surface area contributed by atoms with Gasteiger partial charge in [-0.1, -0.05) is 0 Å². The highest BCUT2D eigenvalue weighted by atomic mass is 32.1. The fourth-order valence-corrected chi connectivity index (χ4v) is 2.40. The van der Waals surface area contributed by atoms with Gasteiger partial charge in [0.25, 0.3) is 0 Å². The third kappa shape index (κ3) is 1.57. The van der Waals surface area contributed by atoms with Crippen LogP contribution in [0.1, 0.15) is 5.69 Å². The Balaban J connectivity index is 2.04. The minimum atomic E-state index is 0.805. The Labute approximate surface area is 97.2 Å². The third-order valence-electron chi connectivity index (χ3n) is 2.61. The molecule has 0 aliphatic rings. The fourth-order valence-electron chi connectivity index (χ4n) is 1.85. The maximum absolute atomic E-state index is 5.75. The molecule has 0 atom stereocenters. The summed E-state index contributed by atoms with van der Waals surface area (Å²) >= 11 is 1.62. The van der Waals surface area contributed by atoms with Crippen LogP contribution in [0.3, 0.4) is 0 Å². The fraction of sp³-hybridized carbons (Fsp3) is 0.0833. The molecule has 2 heterocycles. The van der Waals surface area contributed by atoms with E-state index in [9.17, 15) is 0 Å². The van der Waals surface area contributed by atoms with E-state index in [4.69, 9.17) is 5.73 Å². The van der Waals surface area contributed by atoms with Crippen LogP contribution < -0.4 is 5.73 Å². The topological polar surface area (TPSA) is 43.8 Å². The summed E-state index contributed by atoms with van der Waals surface area (Å²) in [6.45, 7) is 0.816. The number of hydrogen-bond acceptors (Lipinski definition) is 3. The first-order chi connectivity index (χ1) is 7.83. The lowest BCUT2D eigenvalue weighted by atomic mass is 10.2. The van der Waals surface area contributed by atoms with Crippen LogP contribution in [0, 0.1) is 0 Å². The molecule has 4 heteroatoms. The zero-order valence-corrected chi connectivity index (χ0v) is 9.45. The summed E-state index contributed by atoms with van der Waals surface area (Å²) in [6.07, 6.45) is 2.07. The van der Waals surface area contributed by atoms with Crippen molar-refractivity contribution in [3.8, 4) is 0 Å². The lowest BCUT2D eigenvalue weighted by Gasteiger charge is -2.03. The van der Waals surface area contributed by atoms with E-state index in [0.29, 0.717) is 0 Å². The molecule has 0 saturated heterocycles. The number of aromatic nitrogens is 2. The summed E-state index contributed by atoms with van der Waals surface area (Å²) < 4.78 is 2.18. The molecule has 0 unspecified atom stereocenters. The molecule has 16 heavy (non-hydrogen) atoms. The monoisotopic (exact) mass is 229 g/mol. The largest absolute Gasteiger partial charge is 0.399 e. The first kappa shape index (κ1) is 9.42. The molecule has 2 aromatic heterocycles. The average molecular weight is 229 g/mol. The Morgan fingerprint density at radius 3 is 3.06 bits per heavy atom. The van der Waals surface area contributed by atoms with Crippen LogP contribution >= 0.6 is 11.3 Å². The summed E-state index contributed by atoms with van der Waals surface area (Å²) in [6, 6.07) is 8.06. The predicted molar refractivity (Wildman–Crippen MR) is 67.6 cm³/mol. The van der Waals surface area contributed by atoms with E-state index in [1.165, 1.54) is 10.9 Å². The second-order valence-electron chi connectivity index (χ2n) is 3.74. The summed E-state index contributed by atoms with van der Waals surface area (Å²) in [5, 5.41) is 3.25. The molecule has 3 aromatic rings. The number of nitrogen functional groups attached to an aromatic ring is 1. The predicted octanol–water partition coefficient (Wildman–Crippen LogP) is 2.73. The quantitative estimate of drug-likeness (QED) is 0.687. The summed E-state index contributed by atoms with van der Waals surface area (Å²) in [5.74, 6) is 0. The van der Waals surface area contributed by atoms with Gasteiger partial charge >= 0.3 is 0 Å². The molecule has 0 aliphatic carbocycles. The van der Waals surface area contributed by atoms with E-state index in [1.54, 1.807) is 11.3 Å². The van der Waals surface area contributed by atoms with Crippen LogP contribution in [0.4, 0.5) is 5.69 Å². The third-order valence-corrected chi connectivity index (χ3v) is 3.25. The minimum absolute atomic E-state index is 0.805. The smallest absolute Gasteiger partial charge is 0.0795 e. The van der Waals surface area contributed by atoms with E-state index in [1.807, 2.05) is 17.6 Å². The number of rotatable bonds is 2. The molecule has 0 amide bonds. The molecule has 3 nitrogen and oxygen atoms in total. The van der Waals surface area contributed by atoms with Crippen molar-refractivity contribution in [2.45, 2.75) is 6.54 Å². The van der Waals surface area contributed by atoms with Gasteiger partial charge in [0, 0.05) is 28.2 Å². The van der Waals surface area contributed by atoms with Crippen LogP contribution in [0.25, 0.3) is 10.9 Å². The molecule has 80 valence electrons. The van der Waals surface area contributed by atoms with E-state index < -0.39 is 0 Å². The van der Waals surface area contributed by atoms with Crippen molar-refractivity contribution in [3.05, 3.63) is 47.0 Å². The number of benzene rings is 1. The first-order valence-electron chi connectivity index (χ1n) is 5.04. The van der Waals surface area contributed by atoms with Crippen molar-refractivity contribution in [3.63, 3.8) is 0 Å². The maximum atomic E-state index is 5.75. The SMILES string of the molecule is Nc1ccc2c(ccn2Cc2cscn2)c1. The van der Waals surface area contributed by atoms with Gasteiger partial charge in [-0.3, -0.25) is 0 Å². The van der Waals surface area contributed by atoms with Crippen LogP contribution in [0.5, 0.6) is 0 Å². The summed E-state index contributed by atoms with van der Waals surface area (Å²) in [4.78, 5) is 4.29. The van der Waals surface area contributed by atoms with E-state index in [2.05, 4.69) is 33.3 Å². The number of anilines is 1. The minimum Gasteiger partial charge on any atom is -0.399 e. The van der Waals surface area contributed by atoms with Gasteiger partial charge in [0.1, 0.15) is 0 Å². The molecule has 3 rings (SSSR count). The van der Waals surface area contributed by atoms with E-state index >= 15 is 0 Å². The summed E-state index contributed by atoms with van der Waals surface area (Å²) in [5.41, 5.74) is 10.7. The van der Waals surface area contributed by atoms with Crippen molar-refractivity contribution in [1.82, 2.24) is 9.55 Å². The number of hydrogen-bond donors (Lipinski definition) is 1. The average Bonchev–Trinajstić information content (AvgIpc) is 2.89. The van der Waals surface area contributed by atoms with Crippen molar-refractivity contribution in [2.24, 2.45) is 0 Å². The van der Waals surface area contributed by atoms with Crippen molar-refractivity contribution >= 4 is 27.9 Å². The second kappa shape index (κ2) is 3.64. The molecule has 0 bridgehead atoms.